The van der Waals surface area contributed by atoms with Gasteiger partial charge in [-0.25, -0.2) is 12.7 Å². The standard InChI is InChI=1S/C28H29N3O5S/c1-20-9-8-12-22(17-20)19-30(24(27(33)29-2)18-21-10-4-3-5-11-21)26(32)15-16-31-28(34)23-13-6-7-14-25(23)37(31,35)36/h3-14,17,24H,15-16,18-19H2,1-2H3,(H,29,33)/t24-/m0/s1. The highest BCUT2D eigenvalue weighted by Crippen LogP contribution is 2.30. The van der Waals surface area contributed by atoms with E-state index in [9.17, 15) is 22.8 Å². The van der Waals surface area contributed by atoms with Crippen LogP contribution in [0.15, 0.2) is 83.8 Å². The number of rotatable bonds is 9. The molecule has 0 aliphatic carbocycles. The van der Waals surface area contributed by atoms with E-state index in [0.717, 1.165) is 21.0 Å². The molecule has 0 fully saturated rings. The van der Waals surface area contributed by atoms with Crippen LogP contribution in [0.3, 0.4) is 0 Å². The first kappa shape index (κ1) is 26.1. The second kappa shape index (κ2) is 11.0. The van der Waals surface area contributed by atoms with Gasteiger partial charge in [-0.15, -0.1) is 0 Å². The van der Waals surface area contributed by atoms with E-state index in [4.69, 9.17) is 0 Å². The Labute approximate surface area is 217 Å². The van der Waals surface area contributed by atoms with E-state index >= 15 is 0 Å². The maximum atomic E-state index is 13.6. The topological polar surface area (TPSA) is 104 Å². The molecule has 8 nitrogen and oxygen atoms in total. The zero-order chi connectivity index (χ0) is 26.6. The van der Waals surface area contributed by atoms with Gasteiger partial charge in [0, 0.05) is 33.0 Å². The Hall–Kier alpha value is -3.98. The van der Waals surface area contributed by atoms with E-state index in [0.29, 0.717) is 0 Å². The molecule has 0 spiro atoms. The largest absolute Gasteiger partial charge is 0.357 e. The number of nitrogens with zero attached hydrogens (tertiary/aromatic N) is 2. The van der Waals surface area contributed by atoms with Crippen LogP contribution < -0.4 is 5.32 Å². The van der Waals surface area contributed by atoms with Gasteiger partial charge in [-0.2, -0.15) is 0 Å². The lowest BCUT2D eigenvalue weighted by molar-refractivity contribution is -0.141. The Kier molecular flexibility index (Phi) is 7.73. The lowest BCUT2D eigenvalue weighted by atomic mass is 10.0. The van der Waals surface area contributed by atoms with Crippen LogP contribution in [0.1, 0.15) is 33.5 Å². The second-order valence-corrected chi connectivity index (χ2v) is 10.8. The lowest BCUT2D eigenvalue weighted by Gasteiger charge is -2.31. The Balaban J connectivity index is 1.61. The molecule has 0 bridgehead atoms. The number of amides is 3. The molecule has 0 unspecified atom stereocenters. The first-order valence-electron chi connectivity index (χ1n) is 12.0. The minimum absolute atomic E-state index is 0.0589. The van der Waals surface area contributed by atoms with Gasteiger partial charge < -0.3 is 10.2 Å². The molecule has 0 saturated heterocycles. The maximum absolute atomic E-state index is 13.6. The van der Waals surface area contributed by atoms with Gasteiger partial charge in [0.05, 0.1) is 5.56 Å². The molecular weight excluding hydrogens is 490 g/mol. The Morgan fingerprint density at radius 3 is 2.30 bits per heavy atom. The molecule has 0 aromatic heterocycles. The van der Waals surface area contributed by atoms with Crippen molar-refractivity contribution in [1.82, 2.24) is 14.5 Å². The van der Waals surface area contributed by atoms with Crippen molar-refractivity contribution >= 4 is 27.7 Å². The molecule has 3 aromatic carbocycles. The number of benzene rings is 3. The van der Waals surface area contributed by atoms with E-state index in [1.807, 2.05) is 61.5 Å². The fraction of sp³-hybridized carbons (Fsp3) is 0.250. The van der Waals surface area contributed by atoms with Crippen molar-refractivity contribution < 1.29 is 22.8 Å². The van der Waals surface area contributed by atoms with Crippen molar-refractivity contribution in [2.24, 2.45) is 0 Å². The third-order valence-electron chi connectivity index (χ3n) is 6.39. The van der Waals surface area contributed by atoms with E-state index in [1.54, 1.807) is 12.1 Å². The van der Waals surface area contributed by atoms with Crippen molar-refractivity contribution in [3.63, 3.8) is 0 Å². The molecule has 1 heterocycles. The summed E-state index contributed by atoms with van der Waals surface area (Å²) in [5, 5.41) is 2.65. The average molecular weight is 520 g/mol. The molecule has 37 heavy (non-hydrogen) atoms. The van der Waals surface area contributed by atoms with Crippen molar-refractivity contribution in [2.75, 3.05) is 13.6 Å². The first-order chi connectivity index (χ1) is 17.7. The third kappa shape index (κ3) is 5.56. The van der Waals surface area contributed by atoms with Gasteiger partial charge in [-0.3, -0.25) is 14.4 Å². The van der Waals surface area contributed by atoms with Crippen LogP contribution in [0.4, 0.5) is 0 Å². The van der Waals surface area contributed by atoms with Crippen molar-refractivity contribution in [3.8, 4) is 0 Å². The second-order valence-electron chi connectivity index (χ2n) is 8.96. The zero-order valence-corrected chi connectivity index (χ0v) is 21.6. The van der Waals surface area contributed by atoms with Gasteiger partial charge in [0.15, 0.2) is 0 Å². The number of fused-ring (bicyclic) bond motifs is 1. The Morgan fingerprint density at radius 2 is 1.62 bits per heavy atom. The normalized spacial score (nSPS) is 14.6. The Bertz CT molecular complexity index is 1420. The predicted molar refractivity (Wildman–Crippen MR) is 139 cm³/mol. The molecule has 3 aromatic rings. The van der Waals surface area contributed by atoms with Gasteiger partial charge in [-0.1, -0.05) is 72.3 Å². The summed E-state index contributed by atoms with van der Waals surface area (Å²) in [6, 6.07) is 22.2. The molecule has 192 valence electrons. The summed E-state index contributed by atoms with van der Waals surface area (Å²) in [4.78, 5) is 40.9. The Morgan fingerprint density at radius 1 is 0.946 bits per heavy atom. The molecule has 3 amide bonds. The lowest BCUT2D eigenvalue weighted by Crippen LogP contribution is -2.50. The van der Waals surface area contributed by atoms with Crippen LogP contribution in [-0.4, -0.2) is 55.0 Å². The van der Waals surface area contributed by atoms with Crippen LogP contribution in [0, 0.1) is 6.92 Å². The smallest absolute Gasteiger partial charge is 0.269 e. The quantitative estimate of drug-likeness (QED) is 0.468. The van der Waals surface area contributed by atoms with E-state index in [2.05, 4.69) is 5.32 Å². The fourth-order valence-corrected chi connectivity index (χ4v) is 6.09. The number of sulfonamides is 1. The van der Waals surface area contributed by atoms with Gasteiger partial charge in [0.25, 0.3) is 15.9 Å². The number of aryl methyl sites for hydroxylation is 1. The molecule has 1 N–H and O–H groups in total. The summed E-state index contributed by atoms with van der Waals surface area (Å²) in [5.41, 5.74) is 2.83. The van der Waals surface area contributed by atoms with E-state index in [1.165, 1.54) is 24.1 Å². The highest BCUT2D eigenvalue weighted by Gasteiger charge is 2.41. The summed E-state index contributed by atoms with van der Waals surface area (Å²) >= 11 is 0. The van der Waals surface area contributed by atoms with E-state index in [-0.39, 0.29) is 42.3 Å². The fourth-order valence-electron chi connectivity index (χ4n) is 4.52. The van der Waals surface area contributed by atoms with Gasteiger partial charge in [-0.05, 0) is 30.2 Å². The molecule has 4 rings (SSSR count). The molecule has 1 aliphatic heterocycles. The third-order valence-corrected chi connectivity index (χ3v) is 8.23. The number of carbonyl (C=O) groups is 3. The number of likely N-dealkylation sites (N-methyl/N-ethyl adjacent to an activating group) is 1. The number of hydrogen-bond acceptors (Lipinski definition) is 5. The molecular formula is C28H29N3O5S. The van der Waals surface area contributed by atoms with Gasteiger partial charge in [0.1, 0.15) is 10.9 Å². The minimum Gasteiger partial charge on any atom is -0.357 e. The SMILES string of the molecule is CNC(=O)[C@H](Cc1ccccc1)N(Cc1cccc(C)c1)C(=O)CCN1C(=O)c2ccccc2S1(=O)=O. The van der Waals surface area contributed by atoms with Gasteiger partial charge in [0.2, 0.25) is 11.8 Å². The zero-order valence-electron chi connectivity index (χ0n) is 20.8. The molecule has 9 heteroatoms. The first-order valence-corrected chi connectivity index (χ1v) is 13.4. The summed E-state index contributed by atoms with van der Waals surface area (Å²) in [7, 11) is -2.52. The summed E-state index contributed by atoms with van der Waals surface area (Å²) in [6.45, 7) is 1.79. The predicted octanol–water partition coefficient (Wildman–Crippen LogP) is 2.92. The van der Waals surface area contributed by atoms with Crippen molar-refractivity contribution in [2.45, 2.75) is 37.2 Å². The summed E-state index contributed by atoms with van der Waals surface area (Å²) in [6.07, 6.45) is 0.0253. The van der Waals surface area contributed by atoms with Gasteiger partial charge >= 0.3 is 0 Å². The highest BCUT2D eigenvalue weighted by atomic mass is 32.2. The van der Waals surface area contributed by atoms with Crippen molar-refractivity contribution in [3.05, 3.63) is 101 Å². The maximum Gasteiger partial charge on any atom is 0.269 e. The minimum atomic E-state index is -4.04. The summed E-state index contributed by atoms with van der Waals surface area (Å²) < 4.78 is 26.6. The van der Waals surface area contributed by atoms with Crippen LogP contribution >= 0.6 is 0 Å². The summed E-state index contributed by atoms with van der Waals surface area (Å²) in [5.74, 6) is -1.41. The number of nitrogens with one attached hydrogen (secondary N) is 1. The molecule has 0 radical (unpaired) electrons. The molecule has 1 atom stereocenters. The van der Waals surface area contributed by atoms with Crippen LogP contribution in [0.25, 0.3) is 0 Å². The monoisotopic (exact) mass is 519 g/mol. The van der Waals surface area contributed by atoms with E-state index < -0.39 is 27.9 Å². The van der Waals surface area contributed by atoms with Crippen LogP contribution in [0.5, 0.6) is 0 Å². The molecule has 1 aliphatic rings. The number of carbonyl (C=O) groups excluding carboxylic acids is 3. The number of hydrogen-bond donors (Lipinski definition) is 1. The average Bonchev–Trinajstić information content (AvgIpc) is 3.09. The molecule has 0 saturated carbocycles. The van der Waals surface area contributed by atoms with Crippen LogP contribution in [-0.2, 0) is 32.6 Å². The van der Waals surface area contributed by atoms with Crippen molar-refractivity contribution in [1.29, 1.82) is 0 Å². The highest BCUT2D eigenvalue weighted by molar-refractivity contribution is 7.90. The van der Waals surface area contributed by atoms with Crippen LogP contribution in [0.2, 0.25) is 0 Å².